The Morgan fingerprint density at radius 1 is 1.09 bits per heavy atom. The van der Waals surface area contributed by atoms with Crippen LogP contribution in [0.15, 0.2) is 23.8 Å². The third-order valence-electron chi connectivity index (χ3n) is 11.1. The summed E-state index contributed by atoms with van der Waals surface area (Å²) in [4.78, 5) is 11.5. The molecule has 0 heterocycles. The Hall–Kier alpha value is -1.05. The molecular formula is C31H50O2. The Balaban J connectivity index is 1.49. The molecular weight excluding hydrogens is 404 g/mol. The number of esters is 1. The summed E-state index contributed by atoms with van der Waals surface area (Å²) in [6.07, 6.45) is 19.2. The fraction of sp³-hybridized carbons (Fsp3) is 0.839. The highest BCUT2D eigenvalue weighted by Crippen LogP contribution is 2.67. The second kappa shape index (κ2) is 9.54. The van der Waals surface area contributed by atoms with Crippen LogP contribution in [0.25, 0.3) is 0 Å². The number of carbonyl (C=O) groups is 1. The lowest BCUT2D eigenvalue weighted by atomic mass is 9.47. The van der Waals surface area contributed by atoms with Crippen molar-refractivity contribution in [2.24, 2.45) is 52.3 Å². The van der Waals surface area contributed by atoms with E-state index in [0.29, 0.717) is 16.7 Å². The summed E-state index contributed by atoms with van der Waals surface area (Å²) in [6.45, 7) is 16.3. The van der Waals surface area contributed by atoms with Gasteiger partial charge < -0.3 is 4.74 Å². The first-order valence-electron chi connectivity index (χ1n) is 14.1. The molecule has 0 saturated heterocycles. The second-order valence-corrected chi connectivity index (χ2v) is 13.0. The van der Waals surface area contributed by atoms with Gasteiger partial charge in [-0.3, -0.25) is 4.79 Å². The van der Waals surface area contributed by atoms with Crippen LogP contribution < -0.4 is 0 Å². The molecule has 4 aliphatic carbocycles. The molecule has 0 aliphatic heterocycles. The molecule has 2 nitrogen and oxygen atoms in total. The van der Waals surface area contributed by atoms with E-state index in [9.17, 15) is 4.79 Å². The zero-order chi connectivity index (χ0) is 24.0. The Bertz CT molecular complexity index is 778. The molecule has 2 heteroatoms. The van der Waals surface area contributed by atoms with Crippen molar-refractivity contribution in [1.29, 1.82) is 0 Å². The van der Waals surface area contributed by atoms with Crippen molar-refractivity contribution in [3.05, 3.63) is 23.8 Å². The molecule has 0 N–H and O–H groups in total. The van der Waals surface area contributed by atoms with Gasteiger partial charge in [0, 0.05) is 13.3 Å². The lowest BCUT2D eigenvalue weighted by Gasteiger charge is -2.58. The molecule has 0 bridgehead atoms. The van der Waals surface area contributed by atoms with Crippen molar-refractivity contribution in [1.82, 2.24) is 0 Å². The highest BCUT2D eigenvalue weighted by atomic mass is 16.5. The lowest BCUT2D eigenvalue weighted by molar-refractivity contribution is -0.148. The van der Waals surface area contributed by atoms with Crippen LogP contribution in [-0.2, 0) is 9.53 Å². The van der Waals surface area contributed by atoms with Crippen molar-refractivity contribution < 1.29 is 9.53 Å². The van der Waals surface area contributed by atoms with Crippen molar-refractivity contribution in [2.45, 2.75) is 112 Å². The molecule has 4 rings (SSSR count). The normalized spacial score (nSPS) is 42.3. The van der Waals surface area contributed by atoms with Gasteiger partial charge in [0.1, 0.15) is 6.10 Å². The molecule has 7 unspecified atom stereocenters. The number of hydrogen-bond acceptors (Lipinski definition) is 2. The molecule has 0 aromatic carbocycles. The van der Waals surface area contributed by atoms with Gasteiger partial charge in [-0.25, -0.2) is 0 Å². The summed E-state index contributed by atoms with van der Waals surface area (Å²) < 4.78 is 5.62. The minimum Gasteiger partial charge on any atom is -0.462 e. The van der Waals surface area contributed by atoms with Gasteiger partial charge in [0.05, 0.1) is 0 Å². The first kappa shape index (κ1) is 25.1. The largest absolute Gasteiger partial charge is 0.462 e. The Labute approximate surface area is 204 Å². The van der Waals surface area contributed by atoms with Crippen molar-refractivity contribution >= 4 is 5.97 Å². The molecule has 3 saturated carbocycles. The van der Waals surface area contributed by atoms with E-state index in [-0.39, 0.29) is 12.1 Å². The molecule has 9 atom stereocenters. The summed E-state index contributed by atoms with van der Waals surface area (Å²) in [6, 6.07) is 0. The Morgan fingerprint density at radius 3 is 2.52 bits per heavy atom. The molecule has 186 valence electrons. The van der Waals surface area contributed by atoms with E-state index >= 15 is 0 Å². The lowest BCUT2D eigenvalue weighted by Crippen LogP contribution is -2.51. The van der Waals surface area contributed by atoms with Gasteiger partial charge >= 0.3 is 5.97 Å². The van der Waals surface area contributed by atoms with Crippen molar-refractivity contribution in [2.75, 3.05) is 0 Å². The van der Waals surface area contributed by atoms with E-state index in [1.165, 1.54) is 44.9 Å². The third-order valence-corrected chi connectivity index (χ3v) is 11.1. The second-order valence-electron chi connectivity index (χ2n) is 13.0. The van der Waals surface area contributed by atoms with E-state index < -0.39 is 0 Å². The summed E-state index contributed by atoms with van der Waals surface area (Å²) in [5.41, 5.74) is 2.44. The van der Waals surface area contributed by atoms with Gasteiger partial charge in [-0.15, -0.1) is 0 Å². The molecule has 0 aromatic rings. The van der Waals surface area contributed by atoms with Crippen molar-refractivity contribution in [3.8, 4) is 0 Å². The monoisotopic (exact) mass is 454 g/mol. The number of allylic oxidation sites excluding steroid dienone is 3. The van der Waals surface area contributed by atoms with Gasteiger partial charge in [-0.1, -0.05) is 65.3 Å². The van der Waals surface area contributed by atoms with Gasteiger partial charge in [0.2, 0.25) is 0 Å². The fourth-order valence-corrected chi connectivity index (χ4v) is 9.15. The first-order chi connectivity index (χ1) is 15.6. The predicted molar refractivity (Wildman–Crippen MR) is 138 cm³/mol. The molecule has 0 spiro atoms. The van der Waals surface area contributed by atoms with Gasteiger partial charge in [0.25, 0.3) is 0 Å². The smallest absolute Gasteiger partial charge is 0.302 e. The van der Waals surface area contributed by atoms with Gasteiger partial charge in [-0.05, 0) is 104 Å². The van der Waals surface area contributed by atoms with Crippen LogP contribution in [0.3, 0.4) is 0 Å². The first-order valence-corrected chi connectivity index (χ1v) is 14.1. The van der Waals surface area contributed by atoms with Crippen LogP contribution in [0.5, 0.6) is 0 Å². The third kappa shape index (κ3) is 4.50. The number of rotatable bonds is 6. The quantitative estimate of drug-likeness (QED) is 0.297. The Kier molecular flexibility index (Phi) is 7.24. The maximum Gasteiger partial charge on any atom is 0.302 e. The maximum atomic E-state index is 11.5. The van der Waals surface area contributed by atoms with Gasteiger partial charge in [-0.2, -0.15) is 0 Å². The van der Waals surface area contributed by atoms with E-state index in [2.05, 4.69) is 59.8 Å². The van der Waals surface area contributed by atoms with Crippen LogP contribution in [-0.4, -0.2) is 12.1 Å². The topological polar surface area (TPSA) is 26.3 Å². The number of ether oxygens (including phenoxy) is 1. The van der Waals surface area contributed by atoms with Crippen LogP contribution in [0.1, 0.15) is 106 Å². The van der Waals surface area contributed by atoms with Crippen LogP contribution in [0.2, 0.25) is 0 Å². The molecule has 33 heavy (non-hydrogen) atoms. The molecule has 3 fully saturated rings. The zero-order valence-corrected chi connectivity index (χ0v) is 22.5. The number of fused-ring (bicyclic) bond motifs is 5. The summed E-state index contributed by atoms with van der Waals surface area (Å²) in [5.74, 6) is 5.41. The van der Waals surface area contributed by atoms with E-state index in [4.69, 9.17) is 4.74 Å². The number of hydrogen-bond donors (Lipinski definition) is 0. The minimum absolute atomic E-state index is 0.105. The summed E-state index contributed by atoms with van der Waals surface area (Å²) in [7, 11) is 0. The maximum absolute atomic E-state index is 11.5. The van der Waals surface area contributed by atoms with Crippen LogP contribution in [0, 0.1) is 52.3 Å². The van der Waals surface area contributed by atoms with Crippen molar-refractivity contribution in [3.63, 3.8) is 0 Å². The van der Waals surface area contributed by atoms with Gasteiger partial charge in [0.15, 0.2) is 0 Å². The Morgan fingerprint density at radius 2 is 1.85 bits per heavy atom. The van der Waals surface area contributed by atoms with E-state index in [1.54, 1.807) is 12.5 Å². The van der Waals surface area contributed by atoms with Crippen LogP contribution in [0.4, 0.5) is 0 Å². The highest BCUT2D eigenvalue weighted by Gasteiger charge is 2.59. The summed E-state index contributed by atoms with van der Waals surface area (Å²) >= 11 is 0. The van der Waals surface area contributed by atoms with E-state index in [0.717, 1.165) is 48.3 Å². The molecule has 0 radical (unpaired) electrons. The minimum atomic E-state index is -0.120. The fourth-order valence-electron chi connectivity index (χ4n) is 9.15. The summed E-state index contributed by atoms with van der Waals surface area (Å²) in [5, 5.41) is 0. The predicted octanol–water partition coefficient (Wildman–Crippen LogP) is 8.37. The van der Waals surface area contributed by atoms with Crippen LogP contribution >= 0.6 is 0 Å². The average molecular weight is 455 g/mol. The zero-order valence-electron chi connectivity index (χ0n) is 22.5. The average Bonchev–Trinajstić information content (AvgIpc) is 3.11. The molecule has 0 amide bonds. The number of carbonyl (C=O) groups excluding carboxylic acids is 1. The molecule has 4 aliphatic rings. The SMILES string of the molecule is CCC(C=CC(C)C1CCC2C3CC=C4CC(OC(C)=O)CC[C@]4(C)C3CC[C@]12C)C(C)C. The standard InChI is InChI=1S/C31H50O2/c1-8-23(20(2)3)10-9-21(4)27-13-14-28-26-12-11-24-19-25(33-22(5)32)15-17-30(24,6)29(26)16-18-31(27,28)7/h9-11,20-21,23,25-29H,8,12-19H2,1-7H3/t21?,23?,25?,26?,27?,28?,29?,30-,31+/m0/s1. The molecule has 0 aromatic heterocycles. The highest BCUT2D eigenvalue weighted by molar-refractivity contribution is 5.66. The van der Waals surface area contributed by atoms with E-state index in [1.807, 2.05) is 0 Å².